The van der Waals surface area contributed by atoms with Crippen molar-refractivity contribution in [2.75, 3.05) is 7.11 Å². The molecule has 2 rings (SSSR count). The Balaban J connectivity index is 2.55. The minimum Gasteiger partial charge on any atom is -0.496 e. The molecule has 0 bridgehead atoms. The van der Waals surface area contributed by atoms with E-state index in [0.29, 0.717) is 0 Å². The smallest absolute Gasteiger partial charge is 0.125 e. The molecule has 1 aromatic carbocycles. The highest BCUT2D eigenvalue weighted by atomic mass is 16.5. The molecule has 0 N–H and O–H groups in total. The molecule has 0 aliphatic heterocycles. The third-order valence-corrected chi connectivity index (χ3v) is 3.08. The summed E-state index contributed by atoms with van der Waals surface area (Å²) < 4.78 is 5.45. The van der Waals surface area contributed by atoms with Crippen LogP contribution in [0.5, 0.6) is 5.75 Å². The van der Waals surface area contributed by atoms with Gasteiger partial charge in [-0.1, -0.05) is 20.8 Å². The van der Waals surface area contributed by atoms with Crippen molar-refractivity contribution >= 4 is 0 Å². The number of methoxy groups -OCH3 is 1. The molecule has 100 valence electrons. The first-order valence-electron chi connectivity index (χ1n) is 6.40. The highest BCUT2D eigenvalue weighted by molar-refractivity contribution is 5.62. The van der Waals surface area contributed by atoms with Crippen LogP contribution in [-0.4, -0.2) is 17.1 Å². The zero-order valence-corrected chi connectivity index (χ0v) is 12.2. The Bertz CT molecular complexity index is 586. The number of rotatable bonds is 2. The molecular formula is C16H20N2O. The minimum atomic E-state index is 0.0312. The molecule has 0 saturated carbocycles. The maximum atomic E-state index is 5.45. The molecule has 0 aliphatic rings. The fourth-order valence-electron chi connectivity index (χ4n) is 2.07. The number of aryl methyl sites for hydroxylation is 1. The first kappa shape index (κ1) is 13.5. The van der Waals surface area contributed by atoms with Gasteiger partial charge in [-0.15, -0.1) is 0 Å². The second-order valence-electron chi connectivity index (χ2n) is 5.65. The molecule has 2 aromatic rings. The third kappa shape index (κ3) is 2.92. The van der Waals surface area contributed by atoms with Crippen molar-refractivity contribution in [3.8, 4) is 17.0 Å². The summed E-state index contributed by atoms with van der Waals surface area (Å²) in [7, 11) is 1.71. The van der Waals surface area contributed by atoms with E-state index in [2.05, 4.69) is 36.8 Å². The summed E-state index contributed by atoms with van der Waals surface area (Å²) in [4.78, 5) is 8.60. The van der Waals surface area contributed by atoms with Crippen LogP contribution in [-0.2, 0) is 5.41 Å². The molecule has 0 radical (unpaired) electrons. The van der Waals surface area contributed by atoms with Crippen LogP contribution in [0.25, 0.3) is 11.3 Å². The highest BCUT2D eigenvalue weighted by Crippen LogP contribution is 2.34. The molecule has 0 aliphatic carbocycles. The molecule has 1 aromatic heterocycles. The molecule has 3 heteroatoms. The van der Waals surface area contributed by atoms with Crippen LogP contribution in [0, 0.1) is 6.92 Å². The molecule has 0 atom stereocenters. The van der Waals surface area contributed by atoms with Crippen molar-refractivity contribution in [2.24, 2.45) is 0 Å². The monoisotopic (exact) mass is 256 g/mol. The maximum absolute atomic E-state index is 5.45. The van der Waals surface area contributed by atoms with Crippen LogP contribution in [0.4, 0.5) is 0 Å². The van der Waals surface area contributed by atoms with E-state index in [-0.39, 0.29) is 5.41 Å². The van der Waals surface area contributed by atoms with Crippen molar-refractivity contribution < 1.29 is 4.74 Å². The number of nitrogens with zero attached hydrogens (tertiary/aromatic N) is 2. The van der Waals surface area contributed by atoms with Gasteiger partial charge in [0.05, 0.1) is 12.8 Å². The zero-order chi connectivity index (χ0) is 14.0. The Morgan fingerprint density at radius 1 is 1.11 bits per heavy atom. The van der Waals surface area contributed by atoms with Gasteiger partial charge in [-0.25, -0.2) is 9.97 Å². The van der Waals surface area contributed by atoms with Gasteiger partial charge in [-0.05, 0) is 36.6 Å². The van der Waals surface area contributed by atoms with Gasteiger partial charge >= 0.3 is 0 Å². The summed E-state index contributed by atoms with van der Waals surface area (Å²) in [5.41, 5.74) is 3.25. The highest BCUT2D eigenvalue weighted by Gasteiger charge is 2.19. The third-order valence-electron chi connectivity index (χ3n) is 3.08. The topological polar surface area (TPSA) is 35.0 Å². The van der Waals surface area contributed by atoms with Crippen LogP contribution in [0.2, 0.25) is 0 Å². The molecule has 0 spiro atoms. The first-order valence-corrected chi connectivity index (χ1v) is 6.40. The average Bonchev–Trinajstić information content (AvgIpc) is 2.37. The zero-order valence-electron chi connectivity index (χ0n) is 12.2. The van der Waals surface area contributed by atoms with Crippen molar-refractivity contribution in [3.63, 3.8) is 0 Å². The average molecular weight is 256 g/mol. The predicted molar refractivity (Wildman–Crippen MR) is 77.5 cm³/mol. The molecule has 0 amide bonds. The summed E-state index contributed by atoms with van der Waals surface area (Å²) in [5, 5.41) is 0. The number of hydrogen-bond acceptors (Lipinski definition) is 3. The molecule has 0 unspecified atom stereocenters. The molecule has 1 heterocycles. The Kier molecular flexibility index (Phi) is 3.56. The Labute approximate surface area is 114 Å². The van der Waals surface area contributed by atoms with E-state index >= 15 is 0 Å². The Hall–Kier alpha value is -1.90. The van der Waals surface area contributed by atoms with Gasteiger partial charge in [0.15, 0.2) is 0 Å². The van der Waals surface area contributed by atoms with Crippen molar-refractivity contribution in [1.29, 1.82) is 0 Å². The summed E-state index contributed by atoms with van der Waals surface area (Å²) in [5.74, 6) is 1.70. The minimum absolute atomic E-state index is 0.0312. The van der Waals surface area contributed by atoms with Gasteiger partial charge in [0.2, 0.25) is 0 Å². The van der Waals surface area contributed by atoms with Crippen LogP contribution < -0.4 is 4.74 Å². The lowest BCUT2D eigenvalue weighted by Crippen LogP contribution is -2.13. The fourth-order valence-corrected chi connectivity index (χ4v) is 2.07. The molecule has 0 fully saturated rings. The largest absolute Gasteiger partial charge is 0.496 e. The number of ether oxygens (including phenoxy) is 1. The summed E-state index contributed by atoms with van der Waals surface area (Å²) in [6.07, 6.45) is 1.79. The van der Waals surface area contributed by atoms with Crippen LogP contribution >= 0.6 is 0 Å². The van der Waals surface area contributed by atoms with Gasteiger partial charge in [0.1, 0.15) is 11.6 Å². The van der Waals surface area contributed by atoms with Crippen LogP contribution in [0.3, 0.4) is 0 Å². The van der Waals surface area contributed by atoms with Gasteiger partial charge in [0, 0.05) is 17.3 Å². The molecular weight excluding hydrogens is 236 g/mol. The number of aromatic nitrogens is 2. The number of hydrogen-bond donors (Lipinski definition) is 0. The maximum Gasteiger partial charge on any atom is 0.125 e. The fraction of sp³-hybridized carbons (Fsp3) is 0.375. The van der Waals surface area contributed by atoms with E-state index in [1.54, 1.807) is 13.3 Å². The standard InChI is InChI=1S/C16H20N2O/c1-11-17-9-8-14(18-11)12-6-7-15(19-5)13(10-12)16(2,3)4/h6-10H,1-5H3. The van der Waals surface area contributed by atoms with Gasteiger partial charge < -0.3 is 4.74 Å². The predicted octanol–water partition coefficient (Wildman–Crippen LogP) is 3.76. The summed E-state index contributed by atoms with van der Waals surface area (Å²) >= 11 is 0. The lowest BCUT2D eigenvalue weighted by molar-refractivity contribution is 0.397. The summed E-state index contributed by atoms with van der Waals surface area (Å²) in [6.45, 7) is 8.44. The van der Waals surface area contributed by atoms with E-state index in [9.17, 15) is 0 Å². The Morgan fingerprint density at radius 3 is 2.42 bits per heavy atom. The molecule has 0 saturated heterocycles. The van der Waals surface area contributed by atoms with E-state index in [4.69, 9.17) is 4.74 Å². The first-order chi connectivity index (χ1) is 8.91. The second-order valence-corrected chi connectivity index (χ2v) is 5.65. The molecule has 19 heavy (non-hydrogen) atoms. The second kappa shape index (κ2) is 5.00. The van der Waals surface area contributed by atoms with Crippen LogP contribution in [0.15, 0.2) is 30.5 Å². The van der Waals surface area contributed by atoms with Crippen molar-refractivity contribution in [1.82, 2.24) is 9.97 Å². The molecule has 3 nitrogen and oxygen atoms in total. The lowest BCUT2D eigenvalue weighted by Gasteiger charge is -2.22. The van der Waals surface area contributed by atoms with Crippen molar-refractivity contribution in [3.05, 3.63) is 41.9 Å². The quantitative estimate of drug-likeness (QED) is 0.820. The van der Waals surface area contributed by atoms with Gasteiger partial charge in [-0.2, -0.15) is 0 Å². The van der Waals surface area contributed by atoms with E-state index < -0.39 is 0 Å². The van der Waals surface area contributed by atoms with E-state index in [1.165, 1.54) is 5.56 Å². The Morgan fingerprint density at radius 2 is 1.84 bits per heavy atom. The summed E-state index contributed by atoms with van der Waals surface area (Å²) in [6, 6.07) is 8.13. The van der Waals surface area contributed by atoms with E-state index in [1.807, 2.05) is 25.1 Å². The lowest BCUT2D eigenvalue weighted by atomic mass is 9.85. The van der Waals surface area contributed by atoms with Gasteiger partial charge in [-0.3, -0.25) is 0 Å². The van der Waals surface area contributed by atoms with Crippen molar-refractivity contribution in [2.45, 2.75) is 33.1 Å². The van der Waals surface area contributed by atoms with Crippen LogP contribution in [0.1, 0.15) is 32.2 Å². The van der Waals surface area contributed by atoms with Gasteiger partial charge in [0.25, 0.3) is 0 Å². The SMILES string of the molecule is COc1ccc(-c2ccnc(C)n2)cc1C(C)(C)C. The normalized spacial score (nSPS) is 11.4. The van der Waals surface area contributed by atoms with E-state index in [0.717, 1.165) is 22.8 Å². The number of benzene rings is 1.